The predicted octanol–water partition coefficient (Wildman–Crippen LogP) is 4.41. The molecular formula is C23H19Cl2N3O4. The Morgan fingerprint density at radius 2 is 2.03 bits per heavy atom. The zero-order chi connectivity index (χ0) is 23.2. The van der Waals surface area contributed by atoms with Gasteiger partial charge in [-0.1, -0.05) is 29.3 Å². The van der Waals surface area contributed by atoms with Crippen LogP contribution in [-0.4, -0.2) is 34.8 Å². The van der Waals surface area contributed by atoms with E-state index in [1.54, 1.807) is 42.8 Å². The van der Waals surface area contributed by atoms with Gasteiger partial charge in [-0.25, -0.2) is 4.79 Å². The smallest absolute Gasteiger partial charge is 0.337 e. The van der Waals surface area contributed by atoms with Crippen LogP contribution in [0.5, 0.6) is 0 Å². The topological polar surface area (TPSA) is 104 Å². The van der Waals surface area contributed by atoms with Crippen LogP contribution in [0, 0.1) is 18.3 Å². The summed E-state index contributed by atoms with van der Waals surface area (Å²) in [6.45, 7) is 2.30. The molecule has 1 aliphatic heterocycles. The number of halogens is 2. The number of nitrogens with zero attached hydrogens (tertiary/aromatic N) is 2. The normalized spacial score (nSPS) is 18.0. The summed E-state index contributed by atoms with van der Waals surface area (Å²) in [6.07, 6.45) is 0.480. The van der Waals surface area contributed by atoms with E-state index in [1.165, 1.54) is 6.07 Å². The van der Waals surface area contributed by atoms with Gasteiger partial charge in [0, 0.05) is 31.0 Å². The van der Waals surface area contributed by atoms with Crippen molar-refractivity contribution in [2.45, 2.75) is 18.9 Å². The lowest BCUT2D eigenvalue weighted by Crippen LogP contribution is -2.47. The van der Waals surface area contributed by atoms with E-state index < -0.39 is 11.5 Å². The van der Waals surface area contributed by atoms with Gasteiger partial charge in [-0.3, -0.25) is 4.79 Å². The summed E-state index contributed by atoms with van der Waals surface area (Å²) in [7, 11) is 1.76. The number of carboxylic acids is 1. The Bertz CT molecular complexity index is 1320. The van der Waals surface area contributed by atoms with Crippen LogP contribution < -0.4 is 5.32 Å². The molecule has 3 aromatic rings. The largest absolute Gasteiger partial charge is 0.478 e. The maximum atomic E-state index is 13.4. The van der Waals surface area contributed by atoms with E-state index in [-0.39, 0.29) is 23.6 Å². The number of aryl methyl sites for hydroxylation is 1. The van der Waals surface area contributed by atoms with Gasteiger partial charge in [0.2, 0.25) is 0 Å². The highest BCUT2D eigenvalue weighted by Gasteiger charge is 2.41. The van der Waals surface area contributed by atoms with Gasteiger partial charge in [0.15, 0.2) is 0 Å². The number of fused-ring (bicyclic) bond motifs is 1. The van der Waals surface area contributed by atoms with Gasteiger partial charge in [-0.2, -0.15) is 5.26 Å². The van der Waals surface area contributed by atoms with Gasteiger partial charge in [0.25, 0.3) is 5.91 Å². The fraction of sp³-hybridized carbons (Fsp3) is 0.261. The third-order valence-corrected chi connectivity index (χ3v) is 6.86. The Hall–Kier alpha value is -3.05. The zero-order valence-corrected chi connectivity index (χ0v) is 18.8. The van der Waals surface area contributed by atoms with E-state index in [1.807, 2.05) is 6.07 Å². The van der Waals surface area contributed by atoms with Crippen LogP contribution in [0.3, 0.4) is 0 Å². The molecule has 7 nitrogen and oxygen atoms in total. The molecule has 0 saturated carbocycles. The number of aromatic carboxylic acids is 1. The molecule has 1 aromatic heterocycles. The molecule has 1 atom stereocenters. The Morgan fingerprint density at radius 3 is 2.66 bits per heavy atom. The third kappa shape index (κ3) is 3.41. The average Bonchev–Trinajstić information content (AvgIpc) is 3.36. The van der Waals surface area contributed by atoms with Crippen LogP contribution in [-0.2, 0) is 17.3 Å². The molecule has 1 amide bonds. The minimum Gasteiger partial charge on any atom is -0.478 e. The second-order valence-electron chi connectivity index (χ2n) is 7.80. The van der Waals surface area contributed by atoms with E-state index in [4.69, 9.17) is 27.9 Å². The summed E-state index contributed by atoms with van der Waals surface area (Å²) < 4.78 is 7.36. The SMILES string of the molecule is Cc1c(C2(NC(=O)c3cc4c(Cl)c(Cl)ccc4n3C)CCOC2)ccc(C(=O)O)c1C#N. The van der Waals surface area contributed by atoms with Gasteiger partial charge < -0.3 is 19.7 Å². The molecule has 2 aromatic carbocycles. The first kappa shape index (κ1) is 22.2. The molecule has 2 N–H and O–H groups in total. The molecule has 1 saturated heterocycles. The molecule has 1 unspecified atom stereocenters. The molecule has 4 rings (SSSR count). The Labute approximate surface area is 194 Å². The fourth-order valence-electron chi connectivity index (χ4n) is 4.34. The van der Waals surface area contributed by atoms with Gasteiger partial charge in [0.1, 0.15) is 11.8 Å². The van der Waals surface area contributed by atoms with Crippen LogP contribution in [0.15, 0.2) is 30.3 Å². The first-order valence-corrected chi connectivity index (χ1v) is 10.6. The van der Waals surface area contributed by atoms with Crippen molar-refractivity contribution in [3.8, 4) is 6.07 Å². The monoisotopic (exact) mass is 471 g/mol. The molecule has 164 valence electrons. The Kier molecular flexibility index (Phi) is 5.63. The van der Waals surface area contributed by atoms with Gasteiger partial charge in [-0.15, -0.1) is 0 Å². The molecule has 1 fully saturated rings. The van der Waals surface area contributed by atoms with Crippen molar-refractivity contribution in [2.24, 2.45) is 7.05 Å². The zero-order valence-electron chi connectivity index (χ0n) is 17.3. The highest BCUT2D eigenvalue weighted by Crippen LogP contribution is 2.36. The molecule has 1 aliphatic rings. The number of hydrogen-bond donors (Lipinski definition) is 2. The maximum absolute atomic E-state index is 13.4. The average molecular weight is 472 g/mol. The highest BCUT2D eigenvalue weighted by atomic mass is 35.5. The van der Waals surface area contributed by atoms with Crippen LogP contribution in [0.2, 0.25) is 10.0 Å². The lowest BCUT2D eigenvalue weighted by molar-refractivity contribution is 0.0695. The summed E-state index contributed by atoms with van der Waals surface area (Å²) in [5.41, 5.74) is 1.40. The number of hydrogen-bond acceptors (Lipinski definition) is 4. The first-order chi connectivity index (χ1) is 15.2. The third-order valence-electron chi connectivity index (χ3n) is 6.04. The maximum Gasteiger partial charge on any atom is 0.337 e. The van der Waals surface area contributed by atoms with Gasteiger partial charge >= 0.3 is 5.97 Å². The molecule has 9 heteroatoms. The fourth-order valence-corrected chi connectivity index (χ4v) is 4.72. The number of nitrogens with one attached hydrogen (secondary N) is 1. The first-order valence-electron chi connectivity index (χ1n) is 9.81. The van der Waals surface area contributed by atoms with E-state index >= 15 is 0 Å². The van der Waals surface area contributed by atoms with Crippen LogP contribution in [0.25, 0.3) is 10.9 Å². The number of aromatic nitrogens is 1. The van der Waals surface area contributed by atoms with Gasteiger partial charge in [0.05, 0.1) is 33.3 Å². The van der Waals surface area contributed by atoms with Crippen LogP contribution >= 0.6 is 23.2 Å². The molecule has 2 heterocycles. The van der Waals surface area contributed by atoms with Crippen molar-refractivity contribution < 1.29 is 19.4 Å². The summed E-state index contributed by atoms with van der Waals surface area (Å²) >= 11 is 12.5. The summed E-state index contributed by atoms with van der Waals surface area (Å²) in [4.78, 5) is 24.9. The van der Waals surface area contributed by atoms with Crippen LogP contribution in [0.4, 0.5) is 0 Å². The van der Waals surface area contributed by atoms with E-state index in [2.05, 4.69) is 5.32 Å². The number of carbonyl (C=O) groups is 2. The summed E-state index contributed by atoms with van der Waals surface area (Å²) in [5.74, 6) is -1.52. The van der Waals surface area contributed by atoms with Crippen molar-refractivity contribution in [3.63, 3.8) is 0 Å². The quantitative estimate of drug-likeness (QED) is 0.586. The minimum atomic E-state index is -1.18. The Balaban J connectivity index is 1.79. The number of carbonyl (C=O) groups excluding carboxylic acids is 1. The van der Waals surface area contributed by atoms with E-state index in [0.717, 1.165) is 5.52 Å². The molecule has 32 heavy (non-hydrogen) atoms. The number of nitriles is 1. The van der Waals surface area contributed by atoms with Crippen molar-refractivity contribution in [1.82, 2.24) is 9.88 Å². The van der Waals surface area contributed by atoms with Crippen molar-refractivity contribution >= 4 is 46.0 Å². The van der Waals surface area contributed by atoms with Crippen molar-refractivity contribution in [2.75, 3.05) is 13.2 Å². The number of carboxylic acid groups (broad SMARTS) is 1. The van der Waals surface area contributed by atoms with Gasteiger partial charge in [-0.05, 0) is 42.3 Å². The number of benzene rings is 2. The van der Waals surface area contributed by atoms with Crippen LogP contribution in [0.1, 0.15) is 44.0 Å². The van der Waals surface area contributed by atoms with E-state index in [9.17, 15) is 20.0 Å². The second-order valence-corrected chi connectivity index (χ2v) is 8.58. The summed E-state index contributed by atoms with van der Waals surface area (Å²) in [5, 5.41) is 23.5. The number of amides is 1. The lowest BCUT2D eigenvalue weighted by Gasteiger charge is -2.31. The molecule has 0 radical (unpaired) electrons. The van der Waals surface area contributed by atoms with Crippen molar-refractivity contribution in [3.05, 3.63) is 68.3 Å². The predicted molar refractivity (Wildman–Crippen MR) is 120 cm³/mol. The standard InChI is InChI=1S/C23H19Cl2N3O4/c1-12-15(10-26)13(22(30)31)3-4-16(12)23(7-8-32-11-23)27-21(29)19-9-14-18(28(19)2)6-5-17(24)20(14)25/h3-6,9H,7-8,11H2,1-2H3,(H,27,29)(H,30,31). The lowest BCUT2D eigenvalue weighted by atomic mass is 9.83. The minimum absolute atomic E-state index is 0.0709. The Morgan fingerprint density at radius 1 is 1.28 bits per heavy atom. The van der Waals surface area contributed by atoms with E-state index in [0.29, 0.717) is 45.3 Å². The molecular weight excluding hydrogens is 453 g/mol. The molecule has 0 spiro atoms. The molecule has 0 aliphatic carbocycles. The highest BCUT2D eigenvalue weighted by molar-refractivity contribution is 6.45. The van der Waals surface area contributed by atoms with Crippen molar-refractivity contribution in [1.29, 1.82) is 5.26 Å². The number of ether oxygens (including phenoxy) is 1. The second kappa shape index (κ2) is 8.14. The molecule has 0 bridgehead atoms. The number of rotatable bonds is 4. The summed E-state index contributed by atoms with van der Waals surface area (Å²) in [6, 6.07) is 10.2.